The van der Waals surface area contributed by atoms with Gasteiger partial charge in [-0.25, -0.2) is 8.42 Å². The fourth-order valence-corrected chi connectivity index (χ4v) is 5.21. The number of nitrogens with zero attached hydrogens (tertiary/aromatic N) is 3. The molecule has 0 unspecified atom stereocenters. The summed E-state index contributed by atoms with van der Waals surface area (Å²) in [4.78, 5) is 14.4. The lowest BCUT2D eigenvalue weighted by atomic mass is 10.2. The summed E-state index contributed by atoms with van der Waals surface area (Å²) in [6.07, 6.45) is 1.45. The molecule has 0 aliphatic carbocycles. The fraction of sp³-hybridized carbons (Fsp3) is 0.500. The molecule has 0 radical (unpaired) electrons. The summed E-state index contributed by atoms with van der Waals surface area (Å²) < 4.78 is 38.0. The Hall–Kier alpha value is -2.39. The molecule has 29 heavy (non-hydrogen) atoms. The van der Waals surface area contributed by atoms with Gasteiger partial charge in [0.05, 0.1) is 0 Å². The van der Waals surface area contributed by atoms with Gasteiger partial charge in [-0.2, -0.15) is 4.31 Å². The number of aryl methyl sites for hydroxylation is 3. The van der Waals surface area contributed by atoms with E-state index < -0.39 is 10.0 Å². The van der Waals surface area contributed by atoms with Crippen molar-refractivity contribution < 1.29 is 22.5 Å². The number of benzene rings is 1. The van der Waals surface area contributed by atoms with Crippen molar-refractivity contribution >= 4 is 15.9 Å². The molecule has 1 fully saturated rings. The predicted molar refractivity (Wildman–Crippen MR) is 107 cm³/mol. The molecule has 1 aromatic carbocycles. The maximum absolute atomic E-state index is 13.0. The third kappa shape index (κ3) is 4.79. The number of carbonyl (C=O) groups excluding carboxylic acids is 1. The van der Waals surface area contributed by atoms with E-state index in [9.17, 15) is 13.2 Å². The van der Waals surface area contributed by atoms with Crippen LogP contribution in [0.2, 0.25) is 0 Å². The van der Waals surface area contributed by atoms with E-state index in [1.54, 1.807) is 18.7 Å². The smallest absolute Gasteiger partial charge is 0.260 e. The van der Waals surface area contributed by atoms with Gasteiger partial charge >= 0.3 is 0 Å². The molecule has 1 aliphatic heterocycles. The Bertz CT molecular complexity index is 951. The zero-order chi connectivity index (χ0) is 21.0. The SMILES string of the molecule is CCc1cccc(OCC(=O)N2CCCN(S(=O)(=O)c3c(C)noc3C)CC2)c1. The topological polar surface area (TPSA) is 93.0 Å². The molecular weight excluding hydrogens is 394 g/mol. The van der Waals surface area contributed by atoms with Crippen molar-refractivity contribution in [3.05, 3.63) is 41.3 Å². The van der Waals surface area contributed by atoms with E-state index in [0.29, 0.717) is 37.5 Å². The number of hydrogen-bond acceptors (Lipinski definition) is 6. The van der Waals surface area contributed by atoms with E-state index in [1.807, 2.05) is 24.3 Å². The van der Waals surface area contributed by atoms with Crippen LogP contribution in [0.1, 0.15) is 30.4 Å². The minimum atomic E-state index is -3.71. The summed E-state index contributed by atoms with van der Waals surface area (Å²) in [5, 5.41) is 3.75. The Morgan fingerprint density at radius 2 is 2.00 bits per heavy atom. The normalized spacial score (nSPS) is 15.9. The van der Waals surface area contributed by atoms with Crippen LogP contribution in [-0.4, -0.2) is 61.5 Å². The first-order chi connectivity index (χ1) is 13.8. The number of rotatable bonds is 6. The molecule has 8 nitrogen and oxygen atoms in total. The fourth-order valence-electron chi connectivity index (χ4n) is 3.45. The zero-order valence-corrected chi connectivity index (χ0v) is 17.9. The van der Waals surface area contributed by atoms with Gasteiger partial charge in [-0.3, -0.25) is 4.79 Å². The van der Waals surface area contributed by atoms with Gasteiger partial charge in [0.2, 0.25) is 10.0 Å². The first-order valence-electron chi connectivity index (χ1n) is 9.75. The van der Waals surface area contributed by atoms with Crippen LogP contribution in [-0.2, 0) is 21.2 Å². The van der Waals surface area contributed by atoms with E-state index in [2.05, 4.69) is 12.1 Å². The summed E-state index contributed by atoms with van der Waals surface area (Å²) in [6.45, 7) is 6.57. The van der Waals surface area contributed by atoms with Gasteiger partial charge < -0.3 is 14.2 Å². The lowest BCUT2D eigenvalue weighted by molar-refractivity contribution is -0.133. The van der Waals surface area contributed by atoms with Crippen molar-refractivity contribution in [1.29, 1.82) is 0 Å². The average Bonchev–Trinajstić information content (AvgIpc) is 2.91. The highest BCUT2D eigenvalue weighted by atomic mass is 32.2. The minimum Gasteiger partial charge on any atom is -0.484 e. The number of amides is 1. The van der Waals surface area contributed by atoms with E-state index in [0.717, 1.165) is 12.0 Å². The molecule has 0 bridgehead atoms. The maximum Gasteiger partial charge on any atom is 0.260 e. The summed E-state index contributed by atoms with van der Waals surface area (Å²) in [6, 6.07) is 7.67. The molecule has 3 rings (SSSR count). The average molecular weight is 422 g/mol. The molecule has 1 amide bonds. The molecule has 2 aromatic rings. The second-order valence-corrected chi connectivity index (χ2v) is 8.96. The summed E-state index contributed by atoms with van der Waals surface area (Å²) in [5.41, 5.74) is 1.49. The van der Waals surface area contributed by atoms with E-state index in [4.69, 9.17) is 9.26 Å². The maximum atomic E-state index is 13.0. The number of sulfonamides is 1. The standard InChI is InChI=1S/C20H27N3O5S/c1-4-17-7-5-8-18(13-17)27-14-19(24)22-9-6-10-23(12-11-22)29(25,26)20-15(2)21-28-16(20)3/h5,7-8,13H,4,6,9-12,14H2,1-3H3. The summed E-state index contributed by atoms with van der Waals surface area (Å²) in [5.74, 6) is 0.793. The third-order valence-electron chi connectivity index (χ3n) is 5.04. The van der Waals surface area contributed by atoms with Crippen molar-refractivity contribution in [2.45, 2.75) is 38.5 Å². The molecule has 0 spiro atoms. The molecule has 1 saturated heterocycles. The second-order valence-electron chi connectivity index (χ2n) is 7.08. The summed E-state index contributed by atoms with van der Waals surface area (Å²) in [7, 11) is -3.71. The Morgan fingerprint density at radius 3 is 2.69 bits per heavy atom. The third-order valence-corrected chi connectivity index (χ3v) is 7.19. The molecule has 1 aliphatic rings. The number of carbonyl (C=O) groups is 1. The van der Waals surface area contributed by atoms with E-state index >= 15 is 0 Å². The van der Waals surface area contributed by atoms with E-state index in [1.165, 1.54) is 4.31 Å². The molecule has 9 heteroatoms. The van der Waals surface area contributed by atoms with Crippen molar-refractivity contribution in [3.63, 3.8) is 0 Å². The van der Waals surface area contributed by atoms with Crippen LogP contribution in [0, 0.1) is 13.8 Å². The van der Waals surface area contributed by atoms with Crippen LogP contribution >= 0.6 is 0 Å². The molecule has 158 valence electrons. The van der Waals surface area contributed by atoms with Crippen LogP contribution in [0.4, 0.5) is 0 Å². The first-order valence-corrected chi connectivity index (χ1v) is 11.2. The lowest BCUT2D eigenvalue weighted by Gasteiger charge is -2.22. The predicted octanol–water partition coefficient (Wildman–Crippen LogP) is 2.16. The molecule has 2 heterocycles. The Labute approximate surface area is 171 Å². The summed E-state index contributed by atoms with van der Waals surface area (Å²) >= 11 is 0. The largest absolute Gasteiger partial charge is 0.484 e. The highest BCUT2D eigenvalue weighted by molar-refractivity contribution is 7.89. The van der Waals surface area contributed by atoms with Gasteiger partial charge in [0.15, 0.2) is 12.4 Å². The van der Waals surface area contributed by atoms with Crippen LogP contribution in [0.15, 0.2) is 33.7 Å². The van der Waals surface area contributed by atoms with Crippen molar-refractivity contribution in [2.24, 2.45) is 0 Å². The second kappa shape index (κ2) is 8.96. The van der Waals surface area contributed by atoms with Crippen LogP contribution in [0.25, 0.3) is 0 Å². The van der Waals surface area contributed by atoms with Gasteiger partial charge in [0.1, 0.15) is 16.3 Å². The Kier molecular flexibility index (Phi) is 6.59. The van der Waals surface area contributed by atoms with Crippen LogP contribution in [0.3, 0.4) is 0 Å². The Morgan fingerprint density at radius 1 is 1.21 bits per heavy atom. The molecule has 0 N–H and O–H groups in total. The number of hydrogen-bond donors (Lipinski definition) is 0. The minimum absolute atomic E-state index is 0.0657. The van der Waals surface area contributed by atoms with Crippen molar-refractivity contribution in [3.8, 4) is 5.75 Å². The van der Waals surface area contributed by atoms with Gasteiger partial charge in [-0.15, -0.1) is 0 Å². The van der Waals surface area contributed by atoms with Gasteiger partial charge in [0.25, 0.3) is 5.91 Å². The molecule has 0 saturated carbocycles. The molecular formula is C20H27N3O5S. The van der Waals surface area contributed by atoms with Crippen molar-refractivity contribution in [1.82, 2.24) is 14.4 Å². The highest BCUT2D eigenvalue weighted by Gasteiger charge is 2.32. The van der Waals surface area contributed by atoms with Gasteiger partial charge in [0, 0.05) is 26.2 Å². The zero-order valence-electron chi connectivity index (χ0n) is 17.1. The Balaban J connectivity index is 1.61. The number of aromatic nitrogens is 1. The van der Waals surface area contributed by atoms with Crippen LogP contribution in [0.5, 0.6) is 5.75 Å². The number of ether oxygens (including phenoxy) is 1. The monoisotopic (exact) mass is 421 g/mol. The van der Waals surface area contributed by atoms with E-state index in [-0.39, 0.29) is 29.7 Å². The highest BCUT2D eigenvalue weighted by Crippen LogP contribution is 2.24. The lowest BCUT2D eigenvalue weighted by Crippen LogP contribution is -2.39. The molecule has 1 aromatic heterocycles. The van der Waals surface area contributed by atoms with Gasteiger partial charge in [-0.05, 0) is 44.4 Å². The first kappa shape index (κ1) is 21.3. The van der Waals surface area contributed by atoms with Crippen molar-refractivity contribution in [2.75, 3.05) is 32.8 Å². The molecule has 0 atom stereocenters. The van der Waals surface area contributed by atoms with Gasteiger partial charge in [-0.1, -0.05) is 24.2 Å². The van der Waals surface area contributed by atoms with Crippen LogP contribution < -0.4 is 4.74 Å². The quantitative estimate of drug-likeness (QED) is 0.710.